The molecule has 0 bridgehead atoms. The van der Waals surface area contributed by atoms with Crippen molar-refractivity contribution in [1.82, 2.24) is 19.9 Å². The van der Waals surface area contributed by atoms with Crippen LogP contribution >= 0.6 is 0 Å². The molecule has 7 nitrogen and oxygen atoms in total. The SMILES string of the molecule is CN(C)c1ccncc1CN[C@H]1CCCN(c2nccn(C)c2=O)C1. The molecular weight excluding hydrogens is 316 g/mol. The topological polar surface area (TPSA) is 66.3 Å². The van der Waals surface area contributed by atoms with Crippen molar-refractivity contribution in [3.63, 3.8) is 0 Å². The van der Waals surface area contributed by atoms with Crippen LogP contribution in [0.4, 0.5) is 11.5 Å². The molecule has 25 heavy (non-hydrogen) atoms. The van der Waals surface area contributed by atoms with E-state index in [0.717, 1.165) is 32.5 Å². The van der Waals surface area contributed by atoms with Crippen molar-refractivity contribution in [1.29, 1.82) is 0 Å². The van der Waals surface area contributed by atoms with Crippen molar-refractivity contribution in [2.24, 2.45) is 7.05 Å². The van der Waals surface area contributed by atoms with Crippen LogP contribution in [0.15, 0.2) is 35.6 Å². The molecule has 0 radical (unpaired) electrons. The maximum atomic E-state index is 12.3. The van der Waals surface area contributed by atoms with Crippen molar-refractivity contribution in [2.45, 2.75) is 25.4 Å². The van der Waals surface area contributed by atoms with Crippen molar-refractivity contribution in [3.05, 3.63) is 46.8 Å². The molecule has 7 heteroatoms. The summed E-state index contributed by atoms with van der Waals surface area (Å²) in [7, 11) is 5.84. The number of nitrogens with one attached hydrogen (secondary N) is 1. The maximum absolute atomic E-state index is 12.3. The van der Waals surface area contributed by atoms with E-state index in [1.54, 1.807) is 24.0 Å². The quantitative estimate of drug-likeness (QED) is 0.874. The Balaban J connectivity index is 1.67. The third-order valence-corrected chi connectivity index (χ3v) is 4.66. The Morgan fingerprint density at radius 2 is 2.20 bits per heavy atom. The molecule has 0 amide bonds. The highest BCUT2D eigenvalue weighted by Crippen LogP contribution is 2.18. The zero-order valence-electron chi connectivity index (χ0n) is 15.1. The van der Waals surface area contributed by atoms with E-state index in [2.05, 4.69) is 25.1 Å². The van der Waals surface area contributed by atoms with Gasteiger partial charge in [-0.1, -0.05) is 0 Å². The van der Waals surface area contributed by atoms with Crippen LogP contribution < -0.4 is 20.7 Å². The van der Waals surface area contributed by atoms with Crippen LogP contribution in [0.3, 0.4) is 0 Å². The molecule has 2 aromatic rings. The summed E-state index contributed by atoms with van der Waals surface area (Å²) >= 11 is 0. The molecule has 1 atom stereocenters. The summed E-state index contributed by atoms with van der Waals surface area (Å²) in [6.07, 6.45) is 9.26. The second-order valence-electron chi connectivity index (χ2n) is 6.73. The van der Waals surface area contributed by atoms with Gasteiger partial charge in [-0.25, -0.2) is 4.98 Å². The van der Waals surface area contributed by atoms with Crippen LogP contribution in [0.1, 0.15) is 18.4 Å². The van der Waals surface area contributed by atoms with Crippen molar-refractivity contribution in [2.75, 3.05) is 37.0 Å². The number of piperidine rings is 1. The summed E-state index contributed by atoms with van der Waals surface area (Å²) in [5, 5.41) is 3.62. The number of aryl methyl sites for hydroxylation is 1. The summed E-state index contributed by atoms with van der Waals surface area (Å²) in [6, 6.07) is 2.36. The minimum absolute atomic E-state index is 0.0368. The van der Waals surface area contributed by atoms with E-state index in [1.165, 1.54) is 11.3 Å². The van der Waals surface area contributed by atoms with Crippen LogP contribution in [0.25, 0.3) is 0 Å². The van der Waals surface area contributed by atoms with Gasteiger partial charge in [-0.05, 0) is 18.9 Å². The molecule has 1 saturated heterocycles. The molecule has 0 saturated carbocycles. The molecule has 1 N–H and O–H groups in total. The average molecular weight is 342 g/mol. The van der Waals surface area contributed by atoms with E-state index in [4.69, 9.17) is 0 Å². The second kappa shape index (κ2) is 7.65. The van der Waals surface area contributed by atoms with Crippen LogP contribution in [-0.2, 0) is 13.6 Å². The molecule has 134 valence electrons. The van der Waals surface area contributed by atoms with E-state index < -0.39 is 0 Å². The second-order valence-corrected chi connectivity index (χ2v) is 6.73. The molecule has 3 rings (SSSR count). The van der Waals surface area contributed by atoms with Gasteiger partial charge in [-0.15, -0.1) is 0 Å². The summed E-state index contributed by atoms with van der Waals surface area (Å²) < 4.78 is 1.58. The summed E-state index contributed by atoms with van der Waals surface area (Å²) in [5.74, 6) is 0.548. The van der Waals surface area contributed by atoms with Gasteiger partial charge in [0.15, 0.2) is 5.82 Å². The van der Waals surface area contributed by atoms with Crippen molar-refractivity contribution < 1.29 is 0 Å². The predicted octanol–water partition coefficient (Wildman–Crippen LogP) is 1.000. The van der Waals surface area contributed by atoms with Crippen LogP contribution in [0.2, 0.25) is 0 Å². The van der Waals surface area contributed by atoms with E-state index in [9.17, 15) is 4.79 Å². The standard InChI is InChI=1S/C18H26N6O/c1-22(2)16-6-7-19-11-14(16)12-21-15-5-4-9-24(13-15)17-18(25)23(3)10-8-20-17/h6-8,10-11,15,21H,4-5,9,12-13H2,1-3H3/t15-/m0/s1. The molecule has 0 unspecified atom stereocenters. The Kier molecular flexibility index (Phi) is 5.33. The summed E-state index contributed by atoms with van der Waals surface area (Å²) in [4.78, 5) is 25.0. The van der Waals surface area contributed by atoms with E-state index in [1.807, 2.05) is 32.6 Å². The average Bonchev–Trinajstić information content (AvgIpc) is 2.62. The number of rotatable bonds is 5. The van der Waals surface area contributed by atoms with Gasteiger partial charge in [-0.2, -0.15) is 0 Å². The normalized spacial score (nSPS) is 17.6. The third-order valence-electron chi connectivity index (χ3n) is 4.66. The third kappa shape index (κ3) is 3.99. The Hall–Kier alpha value is -2.41. The van der Waals surface area contributed by atoms with Gasteiger partial charge < -0.3 is 19.7 Å². The van der Waals surface area contributed by atoms with Gasteiger partial charge in [0.05, 0.1) is 0 Å². The van der Waals surface area contributed by atoms with Crippen molar-refractivity contribution in [3.8, 4) is 0 Å². The first-order valence-electron chi connectivity index (χ1n) is 8.66. The number of anilines is 2. The summed E-state index contributed by atoms with van der Waals surface area (Å²) in [6.45, 7) is 2.43. The highest BCUT2D eigenvalue weighted by Gasteiger charge is 2.23. The Bertz CT molecular complexity index is 772. The number of nitrogens with zero attached hydrogens (tertiary/aromatic N) is 5. The Morgan fingerprint density at radius 1 is 1.36 bits per heavy atom. The molecule has 0 spiro atoms. The molecule has 1 aliphatic heterocycles. The largest absolute Gasteiger partial charge is 0.377 e. The molecule has 0 aromatic carbocycles. The minimum atomic E-state index is -0.0368. The number of hydrogen-bond donors (Lipinski definition) is 1. The predicted molar refractivity (Wildman–Crippen MR) is 100 cm³/mol. The summed E-state index contributed by atoms with van der Waals surface area (Å²) in [5.41, 5.74) is 2.32. The van der Waals surface area contributed by atoms with Crippen molar-refractivity contribution >= 4 is 11.5 Å². The fourth-order valence-electron chi connectivity index (χ4n) is 3.28. The minimum Gasteiger partial charge on any atom is -0.377 e. The van der Waals surface area contributed by atoms with Gasteiger partial charge in [0.1, 0.15) is 0 Å². The Morgan fingerprint density at radius 3 is 3.00 bits per heavy atom. The highest BCUT2D eigenvalue weighted by atomic mass is 16.1. The van der Waals surface area contributed by atoms with Gasteiger partial charge in [0.2, 0.25) is 0 Å². The first kappa shape index (κ1) is 17.4. The van der Waals surface area contributed by atoms with E-state index in [-0.39, 0.29) is 5.56 Å². The first-order valence-corrected chi connectivity index (χ1v) is 8.66. The van der Waals surface area contributed by atoms with Gasteiger partial charge in [0, 0.05) is 82.9 Å². The van der Waals surface area contributed by atoms with Crippen LogP contribution in [-0.4, -0.2) is 47.8 Å². The van der Waals surface area contributed by atoms with Gasteiger partial charge in [-0.3, -0.25) is 9.78 Å². The highest BCUT2D eigenvalue weighted by molar-refractivity contribution is 5.50. The molecular formula is C18H26N6O. The lowest BCUT2D eigenvalue weighted by Crippen LogP contribution is -2.47. The fraction of sp³-hybridized carbons (Fsp3) is 0.500. The lowest BCUT2D eigenvalue weighted by Gasteiger charge is -2.34. The zero-order valence-corrected chi connectivity index (χ0v) is 15.1. The fourth-order valence-corrected chi connectivity index (χ4v) is 3.28. The van der Waals surface area contributed by atoms with Gasteiger partial charge >= 0.3 is 0 Å². The molecule has 3 heterocycles. The van der Waals surface area contributed by atoms with E-state index in [0.29, 0.717) is 11.9 Å². The molecule has 2 aromatic heterocycles. The van der Waals surface area contributed by atoms with E-state index >= 15 is 0 Å². The number of aromatic nitrogens is 3. The molecule has 1 fully saturated rings. The van der Waals surface area contributed by atoms with Crippen LogP contribution in [0.5, 0.6) is 0 Å². The number of pyridine rings is 1. The lowest BCUT2D eigenvalue weighted by atomic mass is 10.1. The van der Waals surface area contributed by atoms with Gasteiger partial charge in [0.25, 0.3) is 5.56 Å². The van der Waals surface area contributed by atoms with Crippen LogP contribution in [0, 0.1) is 0 Å². The monoisotopic (exact) mass is 342 g/mol. The molecule has 0 aliphatic carbocycles. The number of hydrogen-bond acceptors (Lipinski definition) is 6. The first-order chi connectivity index (χ1) is 12.1. The smallest absolute Gasteiger partial charge is 0.293 e. The molecule has 1 aliphatic rings. The lowest BCUT2D eigenvalue weighted by molar-refractivity contribution is 0.419. The maximum Gasteiger partial charge on any atom is 0.293 e. The Labute approximate surface area is 148 Å². The zero-order chi connectivity index (χ0) is 17.8.